The van der Waals surface area contributed by atoms with E-state index in [1.165, 1.54) is 19.3 Å². The number of hydrogen-bond donors (Lipinski definition) is 1. The molecular weight excluding hydrogens is 293 g/mol. The van der Waals surface area contributed by atoms with Crippen LogP contribution < -0.4 is 10.2 Å². The molecular formula is C16H21F3N2O. The highest BCUT2D eigenvalue weighted by Gasteiger charge is 2.38. The van der Waals surface area contributed by atoms with Gasteiger partial charge in [-0.05, 0) is 42.9 Å². The Kier molecular flexibility index (Phi) is 5.32. The lowest BCUT2D eigenvalue weighted by Gasteiger charge is -2.29. The van der Waals surface area contributed by atoms with Crippen LogP contribution in [0.1, 0.15) is 37.7 Å². The van der Waals surface area contributed by atoms with Gasteiger partial charge in [0, 0.05) is 25.3 Å². The molecule has 1 amide bonds. The lowest BCUT2D eigenvalue weighted by atomic mass is 10.0. The number of amides is 1. The topological polar surface area (TPSA) is 32.3 Å². The number of halogens is 3. The van der Waals surface area contributed by atoms with E-state index >= 15 is 0 Å². The fourth-order valence-electron chi connectivity index (χ4n) is 2.63. The van der Waals surface area contributed by atoms with Gasteiger partial charge in [0.15, 0.2) is 0 Å². The summed E-state index contributed by atoms with van der Waals surface area (Å²) in [5.74, 6) is -2.05. The molecule has 2 rings (SSSR count). The van der Waals surface area contributed by atoms with E-state index in [2.05, 4.69) is 4.90 Å². The minimum atomic E-state index is -4.82. The zero-order valence-corrected chi connectivity index (χ0v) is 12.6. The SMILES string of the molecule is CC(CNC(=O)C(F)(F)F)c1ccc(N2CCCCC2)cc1. The summed E-state index contributed by atoms with van der Waals surface area (Å²) in [5.41, 5.74) is 2.07. The van der Waals surface area contributed by atoms with E-state index in [0.29, 0.717) is 0 Å². The average Bonchev–Trinajstić information content (AvgIpc) is 2.52. The maximum absolute atomic E-state index is 12.1. The summed E-state index contributed by atoms with van der Waals surface area (Å²) in [6.45, 7) is 3.88. The van der Waals surface area contributed by atoms with Crippen LogP contribution in [0.25, 0.3) is 0 Å². The smallest absolute Gasteiger partial charge is 0.372 e. The highest BCUT2D eigenvalue weighted by atomic mass is 19.4. The molecule has 1 aliphatic heterocycles. The third kappa shape index (κ3) is 4.39. The van der Waals surface area contributed by atoms with Crippen LogP contribution in [0.15, 0.2) is 24.3 Å². The van der Waals surface area contributed by atoms with Crippen LogP contribution >= 0.6 is 0 Å². The van der Waals surface area contributed by atoms with E-state index in [4.69, 9.17) is 0 Å². The number of benzene rings is 1. The third-order valence-corrected chi connectivity index (χ3v) is 4.01. The van der Waals surface area contributed by atoms with Gasteiger partial charge in [0.2, 0.25) is 0 Å². The Hall–Kier alpha value is -1.72. The Balaban J connectivity index is 1.90. The molecule has 0 aromatic heterocycles. The van der Waals surface area contributed by atoms with Gasteiger partial charge in [-0.25, -0.2) is 0 Å². The second-order valence-electron chi connectivity index (χ2n) is 5.75. The Morgan fingerprint density at radius 3 is 2.32 bits per heavy atom. The zero-order chi connectivity index (χ0) is 16.2. The fourth-order valence-corrected chi connectivity index (χ4v) is 2.63. The third-order valence-electron chi connectivity index (χ3n) is 4.01. The summed E-state index contributed by atoms with van der Waals surface area (Å²) in [7, 11) is 0. The molecule has 1 saturated heterocycles. The van der Waals surface area contributed by atoms with Gasteiger partial charge < -0.3 is 10.2 Å². The summed E-state index contributed by atoms with van der Waals surface area (Å²) in [6, 6.07) is 7.86. The fraction of sp³-hybridized carbons (Fsp3) is 0.562. The first kappa shape index (κ1) is 16.6. The molecule has 0 spiro atoms. The lowest BCUT2D eigenvalue weighted by Crippen LogP contribution is -2.38. The first-order valence-corrected chi connectivity index (χ1v) is 7.58. The van der Waals surface area contributed by atoms with Crippen molar-refractivity contribution in [3.05, 3.63) is 29.8 Å². The molecule has 0 radical (unpaired) electrons. The molecule has 0 saturated carbocycles. The normalized spacial score (nSPS) is 17.2. The van der Waals surface area contributed by atoms with Crippen LogP contribution in [-0.4, -0.2) is 31.7 Å². The number of hydrogen-bond acceptors (Lipinski definition) is 2. The predicted octanol–water partition coefficient (Wildman–Crippen LogP) is 3.46. The first-order valence-electron chi connectivity index (χ1n) is 7.58. The van der Waals surface area contributed by atoms with E-state index in [-0.39, 0.29) is 12.5 Å². The molecule has 0 aliphatic carbocycles. The van der Waals surface area contributed by atoms with Crippen LogP contribution in [0.5, 0.6) is 0 Å². The minimum Gasteiger partial charge on any atom is -0.372 e. The average molecular weight is 314 g/mol. The van der Waals surface area contributed by atoms with E-state index < -0.39 is 12.1 Å². The van der Waals surface area contributed by atoms with Crippen LogP contribution in [0.2, 0.25) is 0 Å². The van der Waals surface area contributed by atoms with Gasteiger partial charge in [-0.2, -0.15) is 13.2 Å². The van der Waals surface area contributed by atoms with E-state index in [1.807, 2.05) is 29.6 Å². The van der Waals surface area contributed by atoms with E-state index in [0.717, 1.165) is 24.3 Å². The van der Waals surface area contributed by atoms with Gasteiger partial charge in [-0.1, -0.05) is 19.1 Å². The number of carbonyl (C=O) groups is 1. The Labute approximate surface area is 128 Å². The van der Waals surface area contributed by atoms with Gasteiger partial charge >= 0.3 is 12.1 Å². The lowest BCUT2D eigenvalue weighted by molar-refractivity contribution is -0.173. The summed E-state index contributed by atoms with van der Waals surface area (Å²) in [5, 5.41) is 1.92. The van der Waals surface area contributed by atoms with Gasteiger partial charge in [0.1, 0.15) is 0 Å². The summed E-state index contributed by atoms with van der Waals surface area (Å²) in [6.07, 6.45) is -1.16. The molecule has 1 unspecified atom stereocenters. The minimum absolute atomic E-state index is 0.0264. The van der Waals surface area contributed by atoms with Gasteiger partial charge in [-0.3, -0.25) is 4.79 Å². The molecule has 122 valence electrons. The Morgan fingerprint density at radius 1 is 1.18 bits per heavy atom. The largest absolute Gasteiger partial charge is 0.471 e. The van der Waals surface area contributed by atoms with E-state index in [9.17, 15) is 18.0 Å². The van der Waals surface area contributed by atoms with Crippen molar-refractivity contribution in [2.45, 2.75) is 38.3 Å². The predicted molar refractivity (Wildman–Crippen MR) is 80.0 cm³/mol. The van der Waals surface area contributed by atoms with Crippen molar-refractivity contribution >= 4 is 11.6 Å². The molecule has 6 heteroatoms. The highest BCUT2D eigenvalue weighted by molar-refractivity contribution is 5.81. The van der Waals surface area contributed by atoms with Gasteiger partial charge in [0.05, 0.1) is 0 Å². The molecule has 1 aromatic rings. The van der Waals surface area contributed by atoms with Crippen LogP contribution in [0.3, 0.4) is 0 Å². The van der Waals surface area contributed by atoms with Crippen molar-refractivity contribution in [1.29, 1.82) is 0 Å². The molecule has 1 atom stereocenters. The zero-order valence-electron chi connectivity index (χ0n) is 12.6. The molecule has 1 heterocycles. The monoisotopic (exact) mass is 314 g/mol. The Morgan fingerprint density at radius 2 is 1.77 bits per heavy atom. The van der Waals surface area contributed by atoms with Gasteiger partial charge in [-0.15, -0.1) is 0 Å². The Bertz CT molecular complexity index is 493. The molecule has 0 bridgehead atoms. The molecule has 1 N–H and O–H groups in total. The van der Waals surface area contributed by atoms with Crippen molar-refractivity contribution in [3.63, 3.8) is 0 Å². The van der Waals surface area contributed by atoms with Crippen molar-refractivity contribution in [1.82, 2.24) is 5.32 Å². The van der Waals surface area contributed by atoms with Crippen LogP contribution in [0, 0.1) is 0 Å². The molecule has 1 aromatic carbocycles. The second-order valence-corrected chi connectivity index (χ2v) is 5.75. The van der Waals surface area contributed by atoms with Crippen molar-refractivity contribution in [2.75, 3.05) is 24.5 Å². The van der Waals surface area contributed by atoms with Crippen LogP contribution in [-0.2, 0) is 4.79 Å². The number of nitrogens with zero attached hydrogens (tertiary/aromatic N) is 1. The maximum atomic E-state index is 12.1. The standard InChI is InChI=1S/C16H21F3N2O/c1-12(11-20-15(22)16(17,18)19)13-5-7-14(8-6-13)21-9-3-2-4-10-21/h5-8,12H,2-4,9-11H2,1H3,(H,20,22). The number of piperidine rings is 1. The van der Waals surface area contributed by atoms with Gasteiger partial charge in [0.25, 0.3) is 0 Å². The first-order chi connectivity index (χ1) is 10.4. The summed E-state index contributed by atoms with van der Waals surface area (Å²) in [4.78, 5) is 13.1. The van der Waals surface area contributed by atoms with Crippen LogP contribution in [0.4, 0.5) is 18.9 Å². The molecule has 22 heavy (non-hydrogen) atoms. The maximum Gasteiger partial charge on any atom is 0.471 e. The second kappa shape index (κ2) is 7.03. The van der Waals surface area contributed by atoms with Crippen molar-refractivity contribution < 1.29 is 18.0 Å². The molecule has 1 aliphatic rings. The van der Waals surface area contributed by atoms with Crippen molar-refractivity contribution in [3.8, 4) is 0 Å². The summed E-state index contributed by atoms with van der Waals surface area (Å²) >= 11 is 0. The molecule has 1 fully saturated rings. The highest BCUT2D eigenvalue weighted by Crippen LogP contribution is 2.23. The van der Waals surface area contributed by atoms with Crippen molar-refractivity contribution in [2.24, 2.45) is 0 Å². The number of nitrogens with one attached hydrogen (secondary N) is 1. The quantitative estimate of drug-likeness (QED) is 0.923. The molecule has 3 nitrogen and oxygen atoms in total. The number of anilines is 1. The number of carbonyl (C=O) groups excluding carboxylic acids is 1. The number of alkyl halides is 3. The van der Waals surface area contributed by atoms with E-state index in [1.54, 1.807) is 6.92 Å². The summed E-state index contributed by atoms with van der Waals surface area (Å²) < 4.78 is 36.4. The number of rotatable bonds is 4.